The summed E-state index contributed by atoms with van der Waals surface area (Å²) in [4.78, 5) is 26.4. The summed E-state index contributed by atoms with van der Waals surface area (Å²) >= 11 is 0. The summed E-state index contributed by atoms with van der Waals surface area (Å²) in [5.41, 5.74) is 2.50. The highest BCUT2D eigenvalue weighted by Gasteiger charge is 2.25. The van der Waals surface area contributed by atoms with E-state index in [4.69, 9.17) is 9.47 Å². The minimum atomic E-state index is -0.923. The van der Waals surface area contributed by atoms with Gasteiger partial charge in [-0.2, -0.15) is 0 Å². The van der Waals surface area contributed by atoms with Crippen molar-refractivity contribution in [3.8, 4) is 0 Å². The molecule has 2 N–H and O–H groups in total. The van der Waals surface area contributed by atoms with Gasteiger partial charge in [0.2, 0.25) is 0 Å². The van der Waals surface area contributed by atoms with E-state index >= 15 is 0 Å². The largest absolute Gasteiger partial charge is 0.478 e. The molecule has 3 rings (SSSR count). The van der Waals surface area contributed by atoms with Crippen LogP contribution in [0.1, 0.15) is 67.9 Å². The molecule has 1 saturated carbocycles. The summed E-state index contributed by atoms with van der Waals surface area (Å²) in [7, 11) is 0. The molecule has 0 spiro atoms. The second kappa shape index (κ2) is 12.9. The monoisotopic (exact) mass is 496 g/mol. The van der Waals surface area contributed by atoms with E-state index in [-0.39, 0.29) is 30.3 Å². The number of ether oxygens (including phenoxy) is 2. The van der Waals surface area contributed by atoms with Gasteiger partial charge in [0.1, 0.15) is 0 Å². The Labute approximate surface area is 214 Å². The molecule has 0 aromatic heterocycles. The van der Waals surface area contributed by atoms with Gasteiger partial charge >= 0.3 is 12.0 Å². The average Bonchev–Trinajstić information content (AvgIpc) is 2.82. The van der Waals surface area contributed by atoms with Crippen molar-refractivity contribution in [1.82, 2.24) is 4.90 Å². The molecule has 2 aromatic rings. The number of anilines is 1. The third-order valence-electron chi connectivity index (χ3n) is 6.32. The van der Waals surface area contributed by atoms with Crippen molar-refractivity contribution in [2.75, 3.05) is 25.0 Å². The van der Waals surface area contributed by atoms with Crippen LogP contribution in [0.5, 0.6) is 0 Å². The van der Waals surface area contributed by atoms with Gasteiger partial charge in [-0.1, -0.05) is 57.2 Å². The fraction of sp³-hybridized carbons (Fsp3) is 0.517. The van der Waals surface area contributed by atoms with E-state index in [0.29, 0.717) is 30.8 Å². The van der Waals surface area contributed by atoms with Crippen molar-refractivity contribution in [3.63, 3.8) is 0 Å². The molecule has 1 aliphatic carbocycles. The van der Waals surface area contributed by atoms with E-state index in [1.807, 2.05) is 47.4 Å². The topological polar surface area (TPSA) is 88.1 Å². The van der Waals surface area contributed by atoms with E-state index in [2.05, 4.69) is 26.1 Å². The summed E-state index contributed by atoms with van der Waals surface area (Å²) in [6, 6.07) is 14.8. The van der Waals surface area contributed by atoms with Crippen LogP contribution in [0.4, 0.5) is 10.5 Å². The van der Waals surface area contributed by atoms with Gasteiger partial charge in [0.05, 0.1) is 31.0 Å². The predicted molar refractivity (Wildman–Crippen MR) is 141 cm³/mol. The van der Waals surface area contributed by atoms with Gasteiger partial charge in [0.25, 0.3) is 0 Å². The van der Waals surface area contributed by atoms with Crippen LogP contribution in [0, 0.1) is 12.3 Å². The Hall–Kier alpha value is -2.90. The predicted octanol–water partition coefficient (Wildman–Crippen LogP) is 6.12. The van der Waals surface area contributed by atoms with Crippen molar-refractivity contribution in [2.45, 2.75) is 72.2 Å². The molecule has 0 aliphatic heterocycles. The second-order valence-electron chi connectivity index (χ2n) is 10.8. The highest BCUT2D eigenvalue weighted by molar-refractivity contribution is 5.91. The fourth-order valence-corrected chi connectivity index (χ4v) is 4.65. The zero-order valence-electron chi connectivity index (χ0n) is 22.0. The Morgan fingerprint density at radius 1 is 1.03 bits per heavy atom. The molecule has 1 fully saturated rings. The van der Waals surface area contributed by atoms with Gasteiger partial charge < -0.3 is 24.8 Å². The summed E-state index contributed by atoms with van der Waals surface area (Å²) in [6.45, 7) is 10.0. The first-order valence-corrected chi connectivity index (χ1v) is 12.8. The first kappa shape index (κ1) is 27.7. The number of carbonyl (C=O) groups is 2. The first-order valence-electron chi connectivity index (χ1n) is 12.8. The number of nitrogens with one attached hydrogen (secondary N) is 1. The van der Waals surface area contributed by atoms with Crippen LogP contribution in [0.3, 0.4) is 0 Å². The van der Waals surface area contributed by atoms with Crippen LogP contribution >= 0.6 is 0 Å². The summed E-state index contributed by atoms with van der Waals surface area (Å²) in [6.07, 6.45) is 3.75. The number of hydrogen-bond acceptors (Lipinski definition) is 4. The molecule has 2 atom stereocenters. The molecule has 0 radical (unpaired) electrons. The first-order chi connectivity index (χ1) is 17.1. The quantitative estimate of drug-likeness (QED) is 0.414. The maximum atomic E-state index is 12.9. The molecule has 2 amide bonds. The maximum Gasteiger partial charge on any atom is 0.336 e. The number of nitrogens with zero attached hydrogens (tertiary/aromatic N) is 1. The van der Waals surface area contributed by atoms with Crippen LogP contribution in [-0.2, 0) is 16.1 Å². The van der Waals surface area contributed by atoms with Crippen molar-refractivity contribution in [3.05, 3.63) is 65.2 Å². The lowest BCUT2D eigenvalue weighted by Gasteiger charge is -2.32. The average molecular weight is 497 g/mol. The molecule has 1 aliphatic rings. The van der Waals surface area contributed by atoms with Crippen molar-refractivity contribution >= 4 is 17.7 Å². The van der Waals surface area contributed by atoms with E-state index in [1.54, 1.807) is 13.0 Å². The molecule has 0 saturated heterocycles. The molecule has 7 nitrogen and oxygen atoms in total. The number of hydrogen-bond donors (Lipinski definition) is 2. The van der Waals surface area contributed by atoms with Gasteiger partial charge in [0.15, 0.2) is 0 Å². The zero-order chi connectivity index (χ0) is 26.1. The van der Waals surface area contributed by atoms with Crippen LogP contribution < -0.4 is 5.32 Å². The minimum Gasteiger partial charge on any atom is -0.478 e. The number of para-hydroxylation sites is 1. The number of rotatable bonds is 10. The van der Waals surface area contributed by atoms with E-state index < -0.39 is 5.97 Å². The van der Waals surface area contributed by atoms with Crippen molar-refractivity contribution in [1.29, 1.82) is 0 Å². The molecule has 0 bridgehead atoms. The van der Waals surface area contributed by atoms with Crippen LogP contribution in [-0.4, -0.2) is 53.9 Å². The van der Waals surface area contributed by atoms with Crippen LogP contribution in [0.25, 0.3) is 0 Å². The molecule has 2 aromatic carbocycles. The molecule has 7 heteroatoms. The molecular formula is C29H40N2O5. The van der Waals surface area contributed by atoms with Gasteiger partial charge in [-0.15, -0.1) is 0 Å². The number of amides is 2. The maximum absolute atomic E-state index is 12.9. The Balaban J connectivity index is 1.50. The number of benzene rings is 2. The standard InChI is InChI=1S/C29H40N2O5/c1-21-10-8-11-22(26(21)27(32)33)19-36-25-15-9-14-24(18-25)35-17-16-31(20-29(2,3)4)28(34)30-23-12-6-5-7-13-23/h5-8,10-13,24-25H,9,14-20H2,1-4H3,(H,30,34)(H,32,33)/t24-,25+/m0/s1. The van der Waals surface area contributed by atoms with E-state index in [0.717, 1.165) is 36.9 Å². The van der Waals surface area contributed by atoms with Gasteiger partial charge in [0, 0.05) is 18.8 Å². The van der Waals surface area contributed by atoms with Crippen LogP contribution in [0.15, 0.2) is 48.5 Å². The van der Waals surface area contributed by atoms with Crippen molar-refractivity contribution in [2.24, 2.45) is 5.41 Å². The number of urea groups is 1. The number of carbonyl (C=O) groups excluding carboxylic acids is 1. The number of aromatic carboxylic acids is 1. The lowest BCUT2D eigenvalue weighted by molar-refractivity contribution is -0.0528. The lowest BCUT2D eigenvalue weighted by atomic mass is 9.94. The smallest absolute Gasteiger partial charge is 0.336 e. The molecule has 196 valence electrons. The van der Waals surface area contributed by atoms with Gasteiger partial charge in [-0.05, 0) is 61.3 Å². The SMILES string of the molecule is Cc1cccc(CO[C@@H]2CCC[C@H](OCCN(CC(C)(C)C)C(=O)Nc3ccccc3)C2)c1C(=O)O. The second-order valence-corrected chi connectivity index (χ2v) is 10.8. The van der Waals surface area contributed by atoms with Crippen LogP contribution in [0.2, 0.25) is 0 Å². The fourth-order valence-electron chi connectivity index (χ4n) is 4.65. The van der Waals surface area contributed by atoms with Gasteiger partial charge in [-0.25, -0.2) is 9.59 Å². The normalized spacial score (nSPS) is 18.0. The third kappa shape index (κ3) is 8.64. The summed E-state index contributed by atoms with van der Waals surface area (Å²) < 4.78 is 12.3. The molecular weight excluding hydrogens is 456 g/mol. The Morgan fingerprint density at radius 3 is 2.39 bits per heavy atom. The minimum absolute atomic E-state index is 0.0259. The Bertz CT molecular complexity index is 1000. The molecule has 36 heavy (non-hydrogen) atoms. The third-order valence-corrected chi connectivity index (χ3v) is 6.32. The number of carboxylic acids is 1. The van der Waals surface area contributed by atoms with Crippen molar-refractivity contribution < 1.29 is 24.2 Å². The molecule has 0 unspecified atom stereocenters. The van der Waals surface area contributed by atoms with Gasteiger partial charge in [-0.3, -0.25) is 0 Å². The Kier molecular flexibility index (Phi) is 9.90. The summed E-state index contributed by atoms with van der Waals surface area (Å²) in [5, 5.41) is 12.5. The highest BCUT2D eigenvalue weighted by atomic mass is 16.5. The Morgan fingerprint density at radius 2 is 1.72 bits per heavy atom. The number of carboxylic acid groups (broad SMARTS) is 1. The lowest BCUT2D eigenvalue weighted by Crippen LogP contribution is -2.43. The highest BCUT2D eigenvalue weighted by Crippen LogP contribution is 2.26. The molecule has 0 heterocycles. The zero-order valence-corrected chi connectivity index (χ0v) is 22.0. The number of aryl methyl sites for hydroxylation is 1. The summed E-state index contributed by atoms with van der Waals surface area (Å²) in [5.74, 6) is -0.923. The van der Waals surface area contributed by atoms with E-state index in [1.165, 1.54) is 0 Å². The van der Waals surface area contributed by atoms with E-state index in [9.17, 15) is 14.7 Å².